The van der Waals surface area contributed by atoms with E-state index in [0.717, 1.165) is 24.8 Å². The molecular formula is C53H86O22. The fourth-order valence-corrected chi connectivity index (χ4v) is 16.3. The van der Waals surface area contributed by atoms with E-state index in [0.29, 0.717) is 38.5 Å². The van der Waals surface area contributed by atoms with E-state index in [9.17, 15) is 66.4 Å². The molecule has 0 spiro atoms. The van der Waals surface area contributed by atoms with Gasteiger partial charge in [0.1, 0.15) is 79.4 Å². The molecule has 29 atom stereocenters. The Balaban J connectivity index is 1.01. The molecule has 22 nitrogen and oxygen atoms in total. The van der Waals surface area contributed by atoms with Crippen molar-refractivity contribution in [1.29, 1.82) is 0 Å². The molecule has 4 aliphatic heterocycles. The van der Waals surface area contributed by atoms with E-state index >= 15 is 4.79 Å². The van der Waals surface area contributed by atoms with Crippen LogP contribution in [0, 0.1) is 50.7 Å². The summed E-state index contributed by atoms with van der Waals surface area (Å²) in [5.74, 6) is -1.42. The smallest absolute Gasteiger partial charge is 0.315 e. The lowest BCUT2D eigenvalue weighted by Gasteiger charge is -2.72. The molecule has 9 aliphatic rings. The van der Waals surface area contributed by atoms with Crippen molar-refractivity contribution in [1.82, 2.24) is 0 Å². The minimum absolute atomic E-state index is 0.154. The summed E-state index contributed by atoms with van der Waals surface area (Å²) in [6, 6.07) is 0. The summed E-state index contributed by atoms with van der Waals surface area (Å²) in [7, 11) is 0. The summed E-state index contributed by atoms with van der Waals surface area (Å²) in [6.45, 7) is 15.0. The van der Waals surface area contributed by atoms with Gasteiger partial charge in [-0.3, -0.25) is 4.79 Å². The number of esters is 1. The predicted octanol–water partition coefficient (Wildman–Crippen LogP) is -1.40. The zero-order valence-corrected chi connectivity index (χ0v) is 44.4. The molecule has 430 valence electrons. The molecule has 0 aromatic heterocycles. The zero-order chi connectivity index (χ0) is 54.9. The molecule has 4 saturated heterocycles. The van der Waals surface area contributed by atoms with Crippen molar-refractivity contribution in [3.05, 3.63) is 11.6 Å². The number of hydrogen-bond donors (Lipinski definition) is 13. The summed E-state index contributed by atoms with van der Waals surface area (Å²) in [4.78, 5) is 15.6. The average molecular weight is 1080 g/mol. The van der Waals surface area contributed by atoms with E-state index in [-0.39, 0.29) is 46.7 Å². The van der Waals surface area contributed by atoms with Gasteiger partial charge in [-0.15, -0.1) is 0 Å². The van der Waals surface area contributed by atoms with Crippen LogP contribution in [0.25, 0.3) is 0 Å². The van der Waals surface area contributed by atoms with Gasteiger partial charge in [-0.2, -0.15) is 0 Å². The van der Waals surface area contributed by atoms with Crippen LogP contribution in [0.15, 0.2) is 11.6 Å². The van der Waals surface area contributed by atoms with Crippen molar-refractivity contribution in [3.8, 4) is 0 Å². The molecule has 0 radical (unpaired) electrons. The van der Waals surface area contributed by atoms with E-state index in [4.69, 9.17) is 37.9 Å². The van der Waals surface area contributed by atoms with E-state index in [1.54, 1.807) is 6.92 Å². The highest BCUT2D eigenvalue weighted by atomic mass is 16.8. The third-order valence-corrected chi connectivity index (χ3v) is 21.4. The second-order valence-electron chi connectivity index (χ2n) is 25.5. The standard InChI is InChI=1S/C53H86O22/c1-22-11-16-53(47(66)75-46-41(74-45-40(65)35(60)31(56)23(2)70-45)37(62)34(59)27(72-46)21-69-43-39(64)36(61)33(58)26(19-54)71-43)18-17-50(6)24(42(53)52(22,8)67)9-10-29-49(5)14-13-30(48(3,4)28(49)12-15-51(29,50)7)73-44-38(63)32(57)25(55)20-68-44/h9,22-23,25-46,54-65,67H,10-21H2,1-8H3/t22-,23+,25+,26-,27-,28+,29-,30+,31+,32+,33-,34-,35-,36+,37+,38-,39-,40-,41-,42-,43-,44+,45+,46+,49+,50-,51-,52-,53+/m1/s1. The lowest BCUT2D eigenvalue weighted by atomic mass is 9.33. The molecule has 4 heterocycles. The van der Waals surface area contributed by atoms with Crippen LogP contribution in [0.1, 0.15) is 113 Å². The highest BCUT2D eigenvalue weighted by molar-refractivity contribution is 5.79. The fourth-order valence-electron chi connectivity index (χ4n) is 16.3. The van der Waals surface area contributed by atoms with E-state index in [2.05, 4.69) is 40.7 Å². The molecule has 0 unspecified atom stereocenters. The summed E-state index contributed by atoms with van der Waals surface area (Å²) >= 11 is 0. The largest absolute Gasteiger partial charge is 0.432 e. The Bertz CT molecular complexity index is 2080. The highest BCUT2D eigenvalue weighted by Crippen LogP contribution is 2.76. The van der Waals surface area contributed by atoms with Gasteiger partial charge in [0, 0.05) is 5.92 Å². The van der Waals surface area contributed by atoms with Gasteiger partial charge in [0.05, 0.1) is 43.0 Å². The number of carbonyl (C=O) groups excluding carboxylic acids is 1. The number of aliphatic hydroxyl groups is 13. The number of hydrogen-bond acceptors (Lipinski definition) is 22. The van der Waals surface area contributed by atoms with Crippen LogP contribution in [0.3, 0.4) is 0 Å². The van der Waals surface area contributed by atoms with Crippen molar-refractivity contribution in [2.45, 2.75) is 242 Å². The fraction of sp³-hybridized carbons (Fsp3) is 0.943. The topological polar surface area (TPSA) is 354 Å². The Morgan fingerprint density at radius 3 is 1.97 bits per heavy atom. The minimum Gasteiger partial charge on any atom is -0.432 e. The molecule has 0 bridgehead atoms. The van der Waals surface area contributed by atoms with Gasteiger partial charge in [-0.1, -0.05) is 53.2 Å². The van der Waals surface area contributed by atoms with Gasteiger partial charge in [-0.25, -0.2) is 0 Å². The lowest BCUT2D eigenvalue weighted by Crippen LogP contribution is -2.68. The number of ether oxygens (including phenoxy) is 8. The molecule has 75 heavy (non-hydrogen) atoms. The summed E-state index contributed by atoms with van der Waals surface area (Å²) in [6.07, 6.45) is -23.0. The first-order chi connectivity index (χ1) is 35.0. The van der Waals surface area contributed by atoms with E-state index in [1.807, 2.05) is 6.92 Å². The van der Waals surface area contributed by atoms with E-state index in [1.165, 1.54) is 6.92 Å². The predicted molar refractivity (Wildman–Crippen MR) is 257 cm³/mol. The zero-order valence-electron chi connectivity index (χ0n) is 44.4. The second kappa shape index (κ2) is 20.7. The molecule has 8 fully saturated rings. The Labute approximate surface area is 437 Å². The molecule has 9 rings (SSSR count). The van der Waals surface area contributed by atoms with Crippen LogP contribution in [0.5, 0.6) is 0 Å². The van der Waals surface area contributed by atoms with Crippen LogP contribution in [-0.4, -0.2) is 221 Å². The Morgan fingerprint density at radius 1 is 0.640 bits per heavy atom. The summed E-state index contributed by atoms with van der Waals surface area (Å²) < 4.78 is 47.8. The summed E-state index contributed by atoms with van der Waals surface area (Å²) in [5, 5.41) is 141. The monoisotopic (exact) mass is 1070 g/mol. The van der Waals surface area contributed by atoms with Crippen molar-refractivity contribution >= 4 is 5.97 Å². The first-order valence-corrected chi connectivity index (χ1v) is 27.3. The average Bonchev–Trinajstić information content (AvgIpc) is 3.36. The van der Waals surface area contributed by atoms with Gasteiger partial charge < -0.3 is 104 Å². The van der Waals surface area contributed by atoms with Crippen molar-refractivity contribution < 1.29 is 109 Å². The molecule has 0 aromatic carbocycles. The van der Waals surface area contributed by atoms with Crippen LogP contribution >= 0.6 is 0 Å². The van der Waals surface area contributed by atoms with Gasteiger partial charge in [0.25, 0.3) is 0 Å². The van der Waals surface area contributed by atoms with Crippen LogP contribution in [0.2, 0.25) is 0 Å². The first kappa shape index (κ1) is 58.1. The van der Waals surface area contributed by atoms with Crippen LogP contribution < -0.4 is 0 Å². The Kier molecular flexibility index (Phi) is 16.1. The molecule has 13 N–H and O–H groups in total. The molecule has 0 aromatic rings. The van der Waals surface area contributed by atoms with Crippen molar-refractivity contribution in [3.63, 3.8) is 0 Å². The molecule has 0 amide bonds. The maximum atomic E-state index is 15.6. The van der Waals surface area contributed by atoms with Crippen molar-refractivity contribution in [2.75, 3.05) is 19.8 Å². The molecule has 4 saturated carbocycles. The summed E-state index contributed by atoms with van der Waals surface area (Å²) in [5.41, 5.74) is -3.19. The van der Waals surface area contributed by atoms with E-state index < -0.39 is 158 Å². The molecular weight excluding hydrogens is 989 g/mol. The quantitative estimate of drug-likeness (QED) is 0.0680. The number of fused-ring (bicyclic) bond motifs is 7. The number of rotatable bonds is 10. The Morgan fingerprint density at radius 2 is 1.28 bits per heavy atom. The molecule has 5 aliphatic carbocycles. The number of allylic oxidation sites excluding steroid dienone is 1. The SMILES string of the molecule is C[C@@H]1O[C@@H](O[C@H]2[C@H](OC(=O)[C@]34CC[C@@H](C)[C@@](C)(O)[C@H]3C3=CC[C@@H]5[C@@]6(C)CC[C@H](O[C@@H]7OC[C@H](O)[C@H](O)[C@H]7O)C(C)(C)[C@@H]6CC[C@@]5(C)[C@]3(C)CC4)O[C@H](CO[C@@H]3O[C@H](CO)[C@@H](O)[C@H](O)[C@H]3O)[C@@H](O)[C@@H]2O)[C@H](O)[C@H](O)[C@H]1O. The third-order valence-electron chi connectivity index (χ3n) is 21.4. The molecule has 22 heteroatoms. The van der Waals surface area contributed by atoms with Gasteiger partial charge >= 0.3 is 5.97 Å². The minimum atomic E-state index is -1.97. The number of carbonyl (C=O) groups is 1. The highest BCUT2D eigenvalue weighted by Gasteiger charge is 2.72. The van der Waals surface area contributed by atoms with Gasteiger partial charge in [0.2, 0.25) is 6.29 Å². The maximum Gasteiger partial charge on any atom is 0.315 e. The van der Waals surface area contributed by atoms with Gasteiger partial charge in [0.15, 0.2) is 25.0 Å². The third kappa shape index (κ3) is 9.21. The van der Waals surface area contributed by atoms with Crippen LogP contribution in [-0.2, 0) is 42.7 Å². The van der Waals surface area contributed by atoms with Gasteiger partial charge in [-0.05, 0) is 111 Å². The normalized spacial score (nSPS) is 55.8. The number of aliphatic hydroxyl groups excluding tert-OH is 12. The Hall–Kier alpha value is -1.59. The maximum absolute atomic E-state index is 15.6. The van der Waals surface area contributed by atoms with Crippen molar-refractivity contribution in [2.24, 2.45) is 50.7 Å². The first-order valence-electron chi connectivity index (χ1n) is 27.3. The second-order valence-corrected chi connectivity index (χ2v) is 25.5. The lowest BCUT2D eigenvalue weighted by molar-refractivity contribution is -0.366. The van der Waals surface area contributed by atoms with Crippen LogP contribution in [0.4, 0.5) is 0 Å².